The molecule has 5 rings (SSSR count). The Labute approximate surface area is 178 Å². The number of carbonyl (C=O) groups excluding carboxylic acids is 2. The van der Waals surface area contributed by atoms with E-state index in [1.54, 1.807) is 25.3 Å². The number of methoxy groups -OCH3 is 1. The van der Waals surface area contributed by atoms with Crippen molar-refractivity contribution in [2.45, 2.75) is 18.5 Å². The van der Waals surface area contributed by atoms with Crippen LogP contribution in [-0.4, -0.2) is 48.1 Å². The molecule has 3 saturated heterocycles. The zero-order chi connectivity index (χ0) is 20.3. The largest absolute Gasteiger partial charge is 0.497 e. The summed E-state index contributed by atoms with van der Waals surface area (Å²) in [5.41, 5.74) is 1.26. The van der Waals surface area contributed by atoms with Gasteiger partial charge in [-0.1, -0.05) is 41.4 Å². The molecule has 0 aromatic heterocycles. The number of amides is 2. The number of halogens is 2. The van der Waals surface area contributed by atoms with Gasteiger partial charge >= 0.3 is 0 Å². The molecule has 3 fully saturated rings. The second kappa shape index (κ2) is 6.99. The van der Waals surface area contributed by atoms with Gasteiger partial charge in [0, 0.05) is 13.1 Å². The smallest absolute Gasteiger partial charge is 0.253 e. The monoisotopic (exact) mass is 431 g/mol. The summed E-state index contributed by atoms with van der Waals surface area (Å²) in [6.45, 7) is 1.56. The van der Waals surface area contributed by atoms with E-state index in [1.165, 1.54) is 4.90 Å². The molecule has 8 heteroatoms. The summed E-state index contributed by atoms with van der Waals surface area (Å²) in [7, 11) is 1.62. The molecule has 0 N–H and O–H groups in total. The van der Waals surface area contributed by atoms with Crippen LogP contribution in [-0.2, 0) is 9.59 Å². The van der Waals surface area contributed by atoms with Crippen LogP contribution in [0, 0.1) is 5.92 Å². The standard InChI is InChI=1S/C21H19Cl2N3O3/c1-29-13-8-6-12(7-9-13)17-16-19(25-11-3-10-24(17)25)21(28)26(20(16)27)18-14(22)4-2-5-15(18)23/h2,4-9,16-17,19H,3,10-11H2,1H3/t16-,17+,19+/m1/s1. The average Bonchev–Trinajstić information content (AvgIpc) is 3.36. The van der Waals surface area contributed by atoms with Gasteiger partial charge in [0.05, 0.1) is 34.8 Å². The van der Waals surface area contributed by atoms with Crippen molar-refractivity contribution in [2.24, 2.45) is 5.92 Å². The van der Waals surface area contributed by atoms with Crippen molar-refractivity contribution in [3.05, 3.63) is 58.1 Å². The van der Waals surface area contributed by atoms with E-state index in [1.807, 2.05) is 29.3 Å². The van der Waals surface area contributed by atoms with Gasteiger partial charge in [-0.05, 0) is 36.2 Å². The minimum Gasteiger partial charge on any atom is -0.497 e. The quantitative estimate of drug-likeness (QED) is 0.695. The van der Waals surface area contributed by atoms with Gasteiger partial charge in [0.25, 0.3) is 5.91 Å². The zero-order valence-electron chi connectivity index (χ0n) is 15.7. The molecule has 150 valence electrons. The van der Waals surface area contributed by atoms with Gasteiger partial charge < -0.3 is 4.74 Å². The van der Waals surface area contributed by atoms with Gasteiger partial charge in [-0.25, -0.2) is 14.9 Å². The first-order chi connectivity index (χ1) is 14.0. The minimum absolute atomic E-state index is 0.212. The Morgan fingerprint density at radius 1 is 0.897 bits per heavy atom. The van der Waals surface area contributed by atoms with Crippen molar-refractivity contribution < 1.29 is 14.3 Å². The fourth-order valence-electron chi connectivity index (χ4n) is 4.84. The summed E-state index contributed by atoms with van der Waals surface area (Å²) in [6, 6.07) is 11.9. The molecule has 0 bridgehead atoms. The molecule has 3 atom stereocenters. The highest BCUT2D eigenvalue weighted by Gasteiger charge is 2.63. The molecule has 3 aliphatic rings. The Morgan fingerprint density at radius 2 is 1.52 bits per heavy atom. The normalized spacial score (nSPS) is 26.9. The molecule has 2 amide bonds. The number of ether oxygens (including phenoxy) is 1. The van der Waals surface area contributed by atoms with Crippen molar-refractivity contribution in [2.75, 3.05) is 25.1 Å². The number of hydrazine groups is 1. The third-order valence-electron chi connectivity index (χ3n) is 6.02. The number of benzene rings is 2. The third kappa shape index (κ3) is 2.70. The number of hydrogen-bond donors (Lipinski definition) is 0. The Balaban J connectivity index is 1.59. The Bertz CT molecular complexity index is 977. The van der Waals surface area contributed by atoms with E-state index < -0.39 is 12.0 Å². The Morgan fingerprint density at radius 3 is 2.14 bits per heavy atom. The molecule has 6 nitrogen and oxygen atoms in total. The fraction of sp³-hybridized carbons (Fsp3) is 0.333. The van der Waals surface area contributed by atoms with Crippen molar-refractivity contribution in [1.29, 1.82) is 0 Å². The highest BCUT2D eigenvalue weighted by atomic mass is 35.5. The molecule has 3 aliphatic heterocycles. The van der Waals surface area contributed by atoms with Crippen LogP contribution in [0.1, 0.15) is 18.0 Å². The van der Waals surface area contributed by atoms with Crippen LogP contribution < -0.4 is 9.64 Å². The summed E-state index contributed by atoms with van der Waals surface area (Å²) in [5.74, 6) is -0.286. The highest BCUT2D eigenvalue weighted by Crippen LogP contribution is 2.50. The van der Waals surface area contributed by atoms with E-state index in [0.29, 0.717) is 10.0 Å². The maximum absolute atomic E-state index is 13.6. The van der Waals surface area contributed by atoms with Gasteiger partial charge in [0.1, 0.15) is 11.8 Å². The SMILES string of the molecule is COc1ccc([C@H]2[C@H]3C(=O)N(c4c(Cl)cccc4Cl)C(=O)[C@H]3N3CCCN23)cc1. The maximum Gasteiger partial charge on any atom is 0.253 e. The summed E-state index contributed by atoms with van der Waals surface area (Å²) in [6.07, 6.45) is 0.949. The first kappa shape index (κ1) is 18.9. The molecular formula is C21H19Cl2N3O3. The number of para-hydroxylation sites is 1. The minimum atomic E-state index is -0.538. The van der Waals surface area contributed by atoms with E-state index in [0.717, 1.165) is 30.8 Å². The first-order valence-electron chi connectivity index (χ1n) is 9.52. The molecule has 0 spiro atoms. The molecule has 0 saturated carbocycles. The fourth-order valence-corrected chi connectivity index (χ4v) is 5.40. The molecule has 0 aliphatic carbocycles. The van der Waals surface area contributed by atoms with Crippen LogP contribution >= 0.6 is 23.2 Å². The van der Waals surface area contributed by atoms with Gasteiger partial charge in [-0.15, -0.1) is 0 Å². The van der Waals surface area contributed by atoms with Crippen LogP contribution in [0.25, 0.3) is 0 Å². The second-order valence-corrected chi connectivity index (χ2v) is 8.26. The number of carbonyl (C=O) groups is 2. The van der Waals surface area contributed by atoms with Crippen molar-refractivity contribution in [1.82, 2.24) is 10.0 Å². The lowest BCUT2D eigenvalue weighted by molar-refractivity contribution is -0.126. The number of fused-ring (bicyclic) bond motifs is 3. The lowest BCUT2D eigenvalue weighted by Gasteiger charge is -2.30. The van der Waals surface area contributed by atoms with Gasteiger partial charge in [0.15, 0.2) is 0 Å². The van der Waals surface area contributed by atoms with E-state index in [9.17, 15) is 9.59 Å². The molecule has 0 unspecified atom stereocenters. The Hall–Kier alpha value is -2.12. The van der Waals surface area contributed by atoms with Crippen LogP contribution in [0.15, 0.2) is 42.5 Å². The number of hydrogen-bond acceptors (Lipinski definition) is 5. The summed E-state index contributed by atoms with van der Waals surface area (Å²) < 4.78 is 5.26. The number of imide groups is 1. The number of anilines is 1. The van der Waals surface area contributed by atoms with E-state index in [4.69, 9.17) is 27.9 Å². The lowest BCUT2D eigenvalue weighted by atomic mass is 9.90. The summed E-state index contributed by atoms with van der Waals surface area (Å²) in [5, 5.41) is 4.79. The Kier molecular flexibility index (Phi) is 4.55. The molecule has 3 heterocycles. The summed E-state index contributed by atoms with van der Waals surface area (Å²) in [4.78, 5) is 28.2. The topological polar surface area (TPSA) is 53.1 Å². The van der Waals surface area contributed by atoms with E-state index in [2.05, 4.69) is 5.01 Å². The molecule has 2 aromatic carbocycles. The van der Waals surface area contributed by atoms with Gasteiger partial charge in [-0.2, -0.15) is 0 Å². The maximum atomic E-state index is 13.6. The molecule has 29 heavy (non-hydrogen) atoms. The number of nitrogens with zero attached hydrogens (tertiary/aromatic N) is 3. The van der Waals surface area contributed by atoms with Crippen LogP contribution in [0.5, 0.6) is 5.75 Å². The molecular weight excluding hydrogens is 413 g/mol. The molecule has 0 radical (unpaired) electrons. The first-order valence-corrected chi connectivity index (χ1v) is 10.3. The van der Waals surface area contributed by atoms with Crippen LogP contribution in [0.3, 0.4) is 0 Å². The predicted octanol–water partition coefficient (Wildman–Crippen LogP) is 3.54. The van der Waals surface area contributed by atoms with Crippen LogP contribution in [0.2, 0.25) is 10.0 Å². The second-order valence-electron chi connectivity index (χ2n) is 7.45. The van der Waals surface area contributed by atoms with Gasteiger partial charge in [0.2, 0.25) is 5.91 Å². The van der Waals surface area contributed by atoms with Crippen molar-refractivity contribution in [3.63, 3.8) is 0 Å². The van der Waals surface area contributed by atoms with Crippen molar-refractivity contribution >= 4 is 40.7 Å². The number of rotatable bonds is 3. The lowest BCUT2D eigenvalue weighted by Crippen LogP contribution is -2.44. The van der Waals surface area contributed by atoms with Gasteiger partial charge in [-0.3, -0.25) is 9.59 Å². The van der Waals surface area contributed by atoms with E-state index in [-0.39, 0.29) is 23.5 Å². The summed E-state index contributed by atoms with van der Waals surface area (Å²) >= 11 is 12.7. The highest BCUT2D eigenvalue weighted by molar-refractivity contribution is 6.42. The predicted molar refractivity (Wildman–Crippen MR) is 110 cm³/mol. The zero-order valence-corrected chi connectivity index (χ0v) is 17.2. The van der Waals surface area contributed by atoms with Crippen LogP contribution in [0.4, 0.5) is 5.69 Å². The average molecular weight is 432 g/mol. The van der Waals surface area contributed by atoms with E-state index >= 15 is 0 Å². The molecule has 2 aromatic rings. The van der Waals surface area contributed by atoms with Crippen molar-refractivity contribution in [3.8, 4) is 5.75 Å². The third-order valence-corrected chi connectivity index (χ3v) is 6.63.